The fourth-order valence-electron chi connectivity index (χ4n) is 1.44. The average molecular weight is 223 g/mol. The molecule has 0 aromatic heterocycles. The number of rotatable bonds is 8. The Morgan fingerprint density at radius 2 is 2.19 bits per heavy atom. The number of ether oxygens (including phenoxy) is 1. The molecule has 0 heterocycles. The van der Waals surface area contributed by atoms with Gasteiger partial charge in [0.25, 0.3) is 0 Å². The molecule has 0 bridgehead atoms. The van der Waals surface area contributed by atoms with Crippen molar-refractivity contribution in [3.63, 3.8) is 0 Å². The molecule has 0 aromatic carbocycles. The van der Waals surface area contributed by atoms with Crippen LogP contribution in [-0.2, 0) is 9.53 Å². The zero-order valence-electron chi connectivity index (χ0n) is 10.3. The molecule has 0 aliphatic rings. The molecule has 90 valence electrons. The number of unbranched alkanes of at least 4 members (excludes halogenated alkanes) is 3. The Morgan fingerprint density at radius 1 is 1.50 bits per heavy atom. The van der Waals surface area contributed by atoms with Crippen LogP contribution in [0.25, 0.3) is 0 Å². The number of hydrogen-bond acceptors (Lipinski definition) is 3. The third-order valence-electron chi connectivity index (χ3n) is 2.56. The van der Waals surface area contributed by atoms with E-state index in [0.717, 1.165) is 25.7 Å². The van der Waals surface area contributed by atoms with Gasteiger partial charge in [0.15, 0.2) is 5.41 Å². The van der Waals surface area contributed by atoms with E-state index in [-0.39, 0.29) is 0 Å². The van der Waals surface area contributed by atoms with E-state index in [9.17, 15) is 4.79 Å². The highest BCUT2D eigenvalue weighted by Crippen LogP contribution is 2.25. The number of nitriles is 1. The molecule has 0 amide bonds. The number of carbonyl (C=O) groups excluding carboxylic acids is 1. The van der Waals surface area contributed by atoms with Crippen LogP contribution in [0.3, 0.4) is 0 Å². The lowest BCUT2D eigenvalue weighted by Crippen LogP contribution is -2.28. The number of esters is 1. The first-order chi connectivity index (χ1) is 7.60. The van der Waals surface area contributed by atoms with Crippen molar-refractivity contribution in [2.75, 3.05) is 6.61 Å². The van der Waals surface area contributed by atoms with Gasteiger partial charge in [-0.25, -0.2) is 0 Å². The fourth-order valence-corrected chi connectivity index (χ4v) is 1.44. The maximum atomic E-state index is 11.6. The van der Waals surface area contributed by atoms with Gasteiger partial charge < -0.3 is 4.74 Å². The summed E-state index contributed by atoms with van der Waals surface area (Å²) >= 11 is 0. The second kappa shape index (κ2) is 7.92. The molecule has 0 fully saturated rings. The van der Waals surface area contributed by atoms with Crippen LogP contribution in [0.15, 0.2) is 12.7 Å². The number of nitrogens with zero attached hydrogens (tertiary/aromatic N) is 1. The Balaban J connectivity index is 4.03. The molecule has 3 nitrogen and oxygen atoms in total. The highest BCUT2D eigenvalue weighted by molar-refractivity contribution is 5.79. The standard InChI is InChI=1S/C13H21NO2/c1-4-6-7-8-9-10-13(3,11-14)12(15)16-5-2/h4H,1,5-10H2,2-3H3. The van der Waals surface area contributed by atoms with E-state index in [0.29, 0.717) is 13.0 Å². The molecule has 0 aromatic rings. The van der Waals surface area contributed by atoms with Crippen molar-refractivity contribution in [1.29, 1.82) is 5.26 Å². The van der Waals surface area contributed by atoms with Crippen molar-refractivity contribution in [3.05, 3.63) is 12.7 Å². The van der Waals surface area contributed by atoms with Crippen LogP contribution < -0.4 is 0 Å². The summed E-state index contributed by atoms with van der Waals surface area (Å²) in [6, 6.07) is 2.06. The van der Waals surface area contributed by atoms with Gasteiger partial charge in [0, 0.05) is 0 Å². The maximum absolute atomic E-state index is 11.6. The Labute approximate surface area is 98.1 Å². The Kier molecular flexibility index (Phi) is 7.28. The molecule has 0 aliphatic carbocycles. The second-order valence-electron chi connectivity index (χ2n) is 4.05. The van der Waals surface area contributed by atoms with Gasteiger partial charge in [-0.15, -0.1) is 6.58 Å². The van der Waals surface area contributed by atoms with Crippen molar-refractivity contribution < 1.29 is 9.53 Å². The lowest BCUT2D eigenvalue weighted by Gasteiger charge is -2.18. The van der Waals surface area contributed by atoms with Gasteiger partial charge in [-0.05, 0) is 33.1 Å². The monoisotopic (exact) mass is 223 g/mol. The average Bonchev–Trinajstić information content (AvgIpc) is 2.28. The molecule has 16 heavy (non-hydrogen) atoms. The van der Waals surface area contributed by atoms with Crippen LogP contribution in [0.4, 0.5) is 0 Å². The van der Waals surface area contributed by atoms with E-state index < -0.39 is 11.4 Å². The molecule has 1 unspecified atom stereocenters. The van der Waals surface area contributed by atoms with E-state index in [1.807, 2.05) is 6.08 Å². The van der Waals surface area contributed by atoms with Gasteiger partial charge in [-0.1, -0.05) is 18.9 Å². The summed E-state index contributed by atoms with van der Waals surface area (Å²) in [4.78, 5) is 11.6. The summed E-state index contributed by atoms with van der Waals surface area (Å²) in [6.07, 6.45) is 6.39. The van der Waals surface area contributed by atoms with E-state index in [4.69, 9.17) is 10.00 Å². The molecular formula is C13H21NO2. The fraction of sp³-hybridized carbons (Fsp3) is 0.692. The normalized spacial score (nSPS) is 13.6. The summed E-state index contributed by atoms with van der Waals surface area (Å²) < 4.78 is 4.90. The van der Waals surface area contributed by atoms with E-state index >= 15 is 0 Å². The summed E-state index contributed by atoms with van der Waals surface area (Å²) in [7, 11) is 0. The molecule has 0 rings (SSSR count). The van der Waals surface area contributed by atoms with Crippen LogP contribution in [0.2, 0.25) is 0 Å². The summed E-state index contributed by atoms with van der Waals surface area (Å²) in [5.74, 6) is -0.402. The second-order valence-corrected chi connectivity index (χ2v) is 4.05. The zero-order chi connectivity index (χ0) is 12.4. The van der Waals surface area contributed by atoms with Crippen molar-refractivity contribution in [2.24, 2.45) is 5.41 Å². The molecule has 1 atom stereocenters. The van der Waals surface area contributed by atoms with Crippen LogP contribution in [-0.4, -0.2) is 12.6 Å². The minimum absolute atomic E-state index is 0.326. The predicted molar refractivity (Wildman–Crippen MR) is 63.6 cm³/mol. The van der Waals surface area contributed by atoms with Gasteiger partial charge in [0.2, 0.25) is 0 Å². The molecule has 0 saturated heterocycles. The molecule has 0 spiro atoms. The van der Waals surface area contributed by atoms with Crippen LogP contribution in [0.1, 0.15) is 46.0 Å². The number of hydrogen-bond donors (Lipinski definition) is 0. The van der Waals surface area contributed by atoms with Crippen molar-refractivity contribution in [2.45, 2.75) is 46.0 Å². The molecule has 0 saturated carbocycles. The van der Waals surface area contributed by atoms with Gasteiger partial charge >= 0.3 is 5.97 Å². The zero-order valence-corrected chi connectivity index (χ0v) is 10.3. The van der Waals surface area contributed by atoms with Crippen LogP contribution in [0, 0.1) is 16.7 Å². The first-order valence-electron chi connectivity index (χ1n) is 5.80. The van der Waals surface area contributed by atoms with Gasteiger partial charge in [-0.2, -0.15) is 5.26 Å². The highest BCUT2D eigenvalue weighted by atomic mass is 16.5. The molecule has 0 radical (unpaired) electrons. The minimum Gasteiger partial charge on any atom is -0.465 e. The first kappa shape index (κ1) is 14.7. The van der Waals surface area contributed by atoms with E-state index in [2.05, 4.69) is 12.6 Å². The first-order valence-corrected chi connectivity index (χ1v) is 5.80. The molecule has 3 heteroatoms. The third kappa shape index (κ3) is 4.97. The lowest BCUT2D eigenvalue weighted by molar-refractivity contribution is -0.151. The Morgan fingerprint density at radius 3 is 2.69 bits per heavy atom. The SMILES string of the molecule is C=CCCCCCC(C)(C#N)C(=O)OCC. The minimum atomic E-state index is -0.982. The quantitative estimate of drug-likeness (QED) is 0.360. The van der Waals surface area contributed by atoms with E-state index in [1.54, 1.807) is 13.8 Å². The number of allylic oxidation sites excluding steroid dienone is 1. The van der Waals surface area contributed by atoms with Crippen molar-refractivity contribution in [3.8, 4) is 6.07 Å². The van der Waals surface area contributed by atoms with E-state index in [1.165, 1.54) is 0 Å². The maximum Gasteiger partial charge on any atom is 0.326 e. The smallest absolute Gasteiger partial charge is 0.326 e. The lowest BCUT2D eigenvalue weighted by atomic mass is 9.86. The van der Waals surface area contributed by atoms with Crippen LogP contribution >= 0.6 is 0 Å². The Bertz CT molecular complexity index is 268. The predicted octanol–water partition coefficient (Wildman–Crippen LogP) is 3.22. The molecule has 0 aliphatic heterocycles. The summed E-state index contributed by atoms with van der Waals surface area (Å²) in [5.41, 5.74) is -0.982. The van der Waals surface area contributed by atoms with Gasteiger partial charge in [0.1, 0.15) is 0 Å². The van der Waals surface area contributed by atoms with Crippen molar-refractivity contribution >= 4 is 5.97 Å². The number of carbonyl (C=O) groups is 1. The third-order valence-corrected chi connectivity index (χ3v) is 2.56. The van der Waals surface area contributed by atoms with Gasteiger partial charge in [-0.3, -0.25) is 4.79 Å². The van der Waals surface area contributed by atoms with Gasteiger partial charge in [0.05, 0.1) is 12.7 Å². The Hall–Kier alpha value is -1.30. The summed E-state index contributed by atoms with van der Waals surface area (Å²) in [6.45, 7) is 7.38. The topological polar surface area (TPSA) is 50.1 Å². The van der Waals surface area contributed by atoms with Crippen molar-refractivity contribution in [1.82, 2.24) is 0 Å². The van der Waals surface area contributed by atoms with Crippen LogP contribution in [0.5, 0.6) is 0 Å². The largest absolute Gasteiger partial charge is 0.465 e. The molecule has 0 N–H and O–H groups in total. The highest BCUT2D eigenvalue weighted by Gasteiger charge is 2.34. The summed E-state index contributed by atoms with van der Waals surface area (Å²) in [5, 5.41) is 9.02. The molecular weight excluding hydrogens is 202 g/mol.